The van der Waals surface area contributed by atoms with Gasteiger partial charge in [0.15, 0.2) is 10.6 Å². The first kappa shape index (κ1) is 9.98. The van der Waals surface area contributed by atoms with Crippen molar-refractivity contribution in [3.8, 4) is 11.3 Å². The number of nitrogens with zero attached hydrogens (tertiary/aromatic N) is 1. The molecule has 2 rings (SSSR count). The van der Waals surface area contributed by atoms with Gasteiger partial charge in [0.2, 0.25) is 0 Å². The monoisotopic (exact) mass is 220 g/mol. The topological polar surface area (TPSA) is 28.7 Å². The Labute approximate surface area is 91.8 Å². The molecule has 76 valence electrons. The van der Waals surface area contributed by atoms with Crippen molar-refractivity contribution >= 4 is 12.2 Å². The number of H-pyrrole nitrogens is 1. The highest BCUT2D eigenvalue weighted by atomic mass is 32.1. The van der Waals surface area contributed by atoms with Crippen LogP contribution in [0.25, 0.3) is 11.3 Å². The maximum absolute atomic E-state index is 13.5. The Morgan fingerprint density at radius 2 is 2.07 bits per heavy atom. The lowest BCUT2D eigenvalue weighted by molar-refractivity contribution is 0.617. The third-order valence-corrected chi connectivity index (χ3v) is 2.39. The van der Waals surface area contributed by atoms with Gasteiger partial charge in [-0.25, -0.2) is 9.37 Å². The SMILES string of the molecule is Cc1ccccc1-c1[nH]c(=S)ncc1F. The first-order valence-electron chi connectivity index (χ1n) is 4.49. The van der Waals surface area contributed by atoms with Gasteiger partial charge in [0.1, 0.15) is 0 Å². The molecular weight excluding hydrogens is 211 g/mol. The van der Waals surface area contributed by atoms with E-state index < -0.39 is 5.82 Å². The second kappa shape index (κ2) is 3.90. The molecule has 1 aromatic heterocycles. The minimum Gasteiger partial charge on any atom is -0.328 e. The average molecular weight is 220 g/mol. The van der Waals surface area contributed by atoms with Gasteiger partial charge >= 0.3 is 0 Å². The molecule has 0 bridgehead atoms. The first-order chi connectivity index (χ1) is 7.18. The molecule has 2 aromatic rings. The van der Waals surface area contributed by atoms with Gasteiger partial charge in [-0.2, -0.15) is 0 Å². The standard InChI is InChI=1S/C11H9FN2S/c1-7-4-2-3-5-8(7)10-9(12)6-13-11(15)14-10/h2-6H,1H3,(H,13,14,15). The fourth-order valence-corrected chi connectivity index (χ4v) is 1.58. The van der Waals surface area contributed by atoms with Crippen molar-refractivity contribution in [3.05, 3.63) is 46.6 Å². The molecule has 0 saturated heterocycles. The quantitative estimate of drug-likeness (QED) is 0.747. The summed E-state index contributed by atoms with van der Waals surface area (Å²) < 4.78 is 13.8. The molecule has 0 aliphatic carbocycles. The van der Waals surface area contributed by atoms with Crippen LogP contribution in [0.5, 0.6) is 0 Å². The summed E-state index contributed by atoms with van der Waals surface area (Å²) in [6.45, 7) is 1.92. The number of aromatic amines is 1. The van der Waals surface area contributed by atoms with E-state index in [4.69, 9.17) is 12.2 Å². The van der Waals surface area contributed by atoms with Gasteiger partial charge in [0, 0.05) is 5.56 Å². The fraction of sp³-hybridized carbons (Fsp3) is 0.0909. The molecule has 0 aliphatic rings. The van der Waals surface area contributed by atoms with E-state index in [9.17, 15) is 4.39 Å². The second-order valence-corrected chi connectivity index (χ2v) is 3.61. The van der Waals surface area contributed by atoms with Crippen LogP contribution in [0.4, 0.5) is 4.39 Å². The van der Waals surface area contributed by atoms with Crippen LogP contribution >= 0.6 is 12.2 Å². The summed E-state index contributed by atoms with van der Waals surface area (Å²) in [6, 6.07) is 7.54. The minimum atomic E-state index is -0.391. The molecule has 1 heterocycles. The van der Waals surface area contributed by atoms with Crippen molar-refractivity contribution in [2.45, 2.75) is 6.92 Å². The van der Waals surface area contributed by atoms with E-state index in [-0.39, 0.29) is 4.77 Å². The average Bonchev–Trinajstić information content (AvgIpc) is 2.23. The van der Waals surface area contributed by atoms with Crippen molar-refractivity contribution in [1.82, 2.24) is 9.97 Å². The molecule has 0 unspecified atom stereocenters. The third kappa shape index (κ3) is 1.94. The number of rotatable bonds is 1. The van der Waals surface area contributed by atoms with Crippen molar-refractivity contribution in [2.75, 3.05) is 0 Å². The highest BCUT2D eigenvalue weighted by molar-refractivity contribution is 7.71. The number of halogens is 1. The van der Waals surface area contributed by atoms with Crippen molar-refractivity contribution in [2.24, 2.45) is 0 Å². The highest BCUT2D eigenvalue weighted by Gasteiger charge is 2.07. The van der Waals surface area contributed by atoms with Crippen molar-refractivity contribution < 1.29 is 4.39 Å². The summed E-state index contributed by atoms with van der Waals surface area (Å²) >= 11 is 4.87. The lowest BCUT2D eigenvalue weighted by Gasteiger charge is -2.05. The molecular formula is C11H9FN2S. The number of aromatic nitrogens is 2. The van der Waals surface area contributed by atoms with Gasteiger partial charge < -0.3 is 4.98 Å². The smallest absolute Gasteiger partial charge is 0.197 e. The molecule has 4 heteroatoms. The van der Waals surface area contributed by atoms with E-state index in [0.29, 0.717) is 5.69 Å². The largest absolute Gasteiger partial charge is 0.328 e. The van der Waals surface area contributed by atoms with Crippen LogP contribution < -0.4 is 0 Å². The number of hydrogen-bond acceptors (Lipinski definition) is 2. The lowest BCUT2D eigenvalue weighted by Crippen LogP contribution is -1.93. The van der Waals surface area contributed by atoms with Gasteiger partial charge in [-0.05, 0) is 24.7 Å². The van der Waals surface area contributed by atoms with E-state index in [1.165, 1.54) is 0 Å². The van der Waals surface area contributed by atoms with Crippen LogP contribution in [-0.4, -0.2) is 9.97 Å². The van der Waals surface area contributed by atoms with E-state index in [1.54, 1.807) is 0 Å². The molecule has 15 heavy (non-hydrogen) atoms. The van der Waals surface area contributed by atoms with Crippen molar-refractivity contribution in [1.29, 1.82) is 0 Å². The number of aryl methyl sites for hydroxylation is 1. The van der Waals surface area contributed by atoms with Crippen LogP contribution in [0.3, 0.4) is 0 Å². The van der Waals surface area contributed by atoms with E-state index in [1.807, 2.05) is 31.2 Å². The molecule has 0 atom stereocenters. The maximum atomic E-state index is 13.5. The second-order valence-electron chi connectivity index (χ2n) is 3.23. The molecule has 0 saturated carbocycles. The molecule has 2 nitrogen and oxygen atoms in total. The predicted octanol–water partition coefficient (Wildman–Crippen LogP) is 3.25. The van der Waals surface area contributed by atoms with Crippen LogP contribution in [0.15, 0.2) is 30.5 Å². The Balaban J connectivity index is 2.69. The summed E-state index contributed by atoms with van der Waals surface area (Å²) in [5, 5.41) is 0. The predicted molar refractivity (Wildman–Crippen MR) is 59.6 cm³/mol. The van der Waals surface area contributed by atoms with Crippen molar-refractivity contribution in [3.63, 3.8) is 0 Å². The lowest BCUT2D eigenvalue weighted by atomic mass is 10.1. The summed E-state index contributed by atoms with van der Waals surface area (Å²) in [5.74, 6) is -0.391. The van der Waals surface area contributed by atoms with Gasteiger partial charge in [0.05, 0.1) is 11.9 Å². The maximum Gasteiger partial charge on any atom is 0.197 e. The van der Waals surface area contributed by atoms with Crippen LogP contribution in [0, 0.1) is 17.5 Å². The molecule has 0 aliphatic heterocycles. The van der Waals surface area contributed by atoms with E-state index in [2.05, 4.69) is 9.97 Å². The summed E-state index contributed by atoms with van der Waals surface area (Å²) in [6.07, 6.45) is 1.14. The Morgan fingerprint density at radius 3 is 2.80 bits per heavy atom. The molecule has 0 radical (unpaired) electrons. The molecule has 1 aromatic carbocycles. The van der Waals surface area contributed by atoms with Crippen LogP contribution in [-0.2, 0) is 0 Å². The van der Waals surface area contributed by atoms with Gasteiger partial charge in [-0.3, -0.25) is 0 Å². The minimum absolute atomic E-state index is 0.287. The number of hydrogen-bond donors (Lipinski definition) is 1. The van der Waals surface area contributed by atoms with Crippen LogP contribution in [0.2, 0.25) is 0 Å². The zero-order chi connectivity index (χ0) is 10.8. The molecule has 0 spiro atoms. The van der Waals surface area contributed by atoms with E-state index in [0.717, 1.165) is 17.3 Å². The molecule has 0 fully saturated rings. The summed E-state index contributed by atoms with van der Waals surface area (Å²) in [4.78, 5) is 6.44. The van der Waals surface area contributed by atoms with Gasteiger partial charge in [0.25, 0.3) is 0 Å². The number of benzene rings is 1. The van der Waals surface area contributed by atoms with Gasteiger partial charge in [-0.15, -0.1) is 0 Å². The highest BCUT2D eigenvalue weighted by Crippen LogP contribution is 2.22. The first-order valence-corrected chi connectivity index (χ1v) is 4.90. The summed E-state index contributed by atoms with van der Waals surface area (Å²) in [5.41, 5.74) is 2.20. The Kier molecular flexibility index (Phi) is 2.60. The van der Waals surface area contributed by atoms with Crippen LogP contribution in [0.1, 0.15) is 5.56 Å². The Morgan fingerprint density at radius 1 is 1.33 bits per heavy atom. The molecule has 0 amide bonds. The van der Waals surface area contributed by atoms with Gasteiger partial charge in [-0.1, -0.05) is 24.3 Å². The summed E-state index contributed by atoms with van der Waals surface area (Å²) in [7, 11) is 0. The number of nitrogens with one attached hydrogen (secondary N) is 1. The Bertz CT molecular complexity index is 548. The fourth-order valence-electron chi connectivity index (χ4n) is 1.43. The zero-order valence-electron chi connectivity index (χ0n) is 8.12. The zero-order valence-corrected chi connectivity index (χ0v) is 8.94. The van der Waals surface area contributed by atoms with E-state index >= 15 is 0 Å². The Hall–Kier alpha value is -1.55. The normalized spacial score (nSPS) is 10.3. The third-order valence-electron chi connectivity index (χ3n) is 2.18. The molecule has 1 N–H and O–H groups in total.